The van der Waals surface area contributed by atoms with Gasteiger partial charge in [-0.1, -0.05) is 35.3 Å². The van der Waals surface area contributed by atoms with Gasteiger partial charge in [0.2, 0.25) is 5.91 Å². The topological polar surface area (TPSA) is 55.5 Å². The SMILES string of the molecule is CCCC(NC(=O)CCCn1c(=O)c2cccn2c2ccc(Br)cc21)c1cccs1. The van der Waals surface area contributed by atoms with Gasteiger partial charge in [0, 0.05) is 28.5 Å². The standard InChI is InChI=1S/C23H24BrN3O2S/c1-2-6-17(21-8-5-14-30-21)25-22(28)9-4-13-27-20-15-16(24)10-11-18(20)26-12-3-7-19(26)23(27)29/h3,5,7-8,10-12,14-15,17H,2,4,6,9,13H2,1H3,(H,25,28). The molecule has 1 unspecified atom stereocenters. The van der Waals surface area contributed by atoms with Gasteiger partial charge in [0.25, 0.3) is 5.56 Å². The van der Waals surface area contributed by atoms with Crippen molar-refractivity contribution < 1.29 is 4.79 Å². The number of hydrogen-bond donors (Lipinski definition) is 1. The number of hydrogen-bond acceptors (Lipinski definition) is 3. The molecule has 1 amide bonds. The molecule has 0 fully saturated rings. The van der Waals surface area contributed by atoms with Gasteiger partial charge in [-0.05, 0) is 54.6 Å². The molecule has 4 aromatic rings. The first-order valence-corrected chi connectivity index (χ1v) is 11.9. The number of aryl methyl sites for hydroxylation is 1. The first kappa shape index (κ1) is 20.9. The highest BCUT2D eigenvalue weighted by atomic mass is 79.9. The summed E-state index contributed by atoms with van der Waals surface area (Å²) in [5, 5.41) is 5.20. The van der Waals surface area contributed by atoms with Gasteiger partial charge in [-0.25, -0.2) is 0 Å². The average molecular weight is 486 g/mol. The molecule has 30 heavy (non-hydrogen) atoms. The zero-order valence-corrected chi connectivity index (χ0v) is 19.2. The molecule has 0 aliphatic carbocycles. The smallest absolute Gasteiger partial charge is 0.275 e. The Hall–Kier alpha value is -2.38. The van der Waals surface area contributed by atoms with Crippen LogP contribution in [0.3, 0.4) is 0 Å². The van der Waals surface area contributed by atoms with E-state index in [-0.39, 0.29) is 17.5 Å². The third kappa shape index (κ3) is 4.23. The highest BCUT2D eigenvalue weighted by Crippen LogP contribution is 2.24. The van der Waals surface area contributed by atoms with E-state index in [1.165, 1.54) is 4.88 Å². The van der Waals surface area contributed by atoms with Gasteiger partial charge in [0.05, 0.1) is 17.1 Å². The maximum absolute atomic E-state index is 13.0. The monoisotopic (exact) mass is 485 g/mol. The zero-order chi connectivity index (χ0) is 21.1. The molecular formula is C23H24BrN3O2S. The first-order valence-electron chi connectivity index (χ1n) is 10.2. The summed E-state index contributed by atoms with van der Waals surface area (Å²) in [5.41, 5.74) is 2.45. The molecule has 156 valence electrons. The number of aromatic nitrogens is 2. The zero-order valence-electron chi connectivity index (χ0n) is 16.8. The van der Waals surface area contributed by atoms with E-state index in [0.717, 1.165) is 28.3 Å². The minimum Gasteiger partial charge on any atom is -0.348 e. The van der Waals surface area contributed by atoms with Gasteiger partial charge in [0.15, 0.2) is 0 Å². The van der Waals surface area contributed by atoms with Crippen LogP contribution < -0.4 is 10.9 Å². The second kappa shape index (κ2) is 9.18. The van der Waals surface area contributed by atoms with Gasteiger partial charge < -0.3 is 14.3 Å². The van der Waals surface area contributed by atoms with E-state index in [0.29, 0.717) is 24.9 Å². The molecule has 0 spiro atoms. The molecule has 0 saturated heterocycles. The average Bonchev–Trinajstić information content (AvgIpc) is 3.42. The van der Waals surface area contributed by atoms with Gasteiger partial charge >= 0.3 is 0 Å². The number of halogens is 1. The van der Waals surface area contributed by atoms with E-state index in [1.54, 1.807) is 15.9 Å². The first-order chi connectivity index (χ1) is 14.6. The van der Waals surface area contributed by atoms with Crippen molar-refractivity contribution in [2.24, 2.45) is 0 Å². The molecular weight excluding hydrogens is 462 g/mol. The van der Waals surface area contributed by atoms with Crippen LogP contribution >= 0.6 is 27.3 Å². The number of amides is 1. The lowest BCUT2D eigenvalue weighted by Crippen LogP contribution is -2.28. The second-order valence-corrected chi connectivity index (χ2v) is 9.28. The Kier molecular flexibility index (Phi) is 6.39. The third-order valence-corrected chi connectivity index (χ3v) is 6.76. The fourth-order valence-corrected chi connectivity index (χ4v) is 5.04. The molecule has 0 radical (unpaired) electrons. The number of benzene rings is 1. The summed E-state index contributed by atoms with van der Waals surface area (Å²) in [6, 6.07) is 13.8. The van der Waals surface area contributed by atoms with Gasteiger partial charge in [0.1, 0.15) is 5.52 Å². The van der Waals surface area contributed by atoms with Crippen LogP contribution in [0.5, 0.6) is 0 Å². The summed E-state index contributed by atoms with van der Waals surface area (Å²) in [6.07, 6.45) is 4.84. The van der Waals surface area contributed by atoms with Gasteiger partial charge in [-0.3, -0.25) is 9.59 Å². The van der Waals surface area contributed by atoms with E-state index < -0.39 is 0 Å². The summed E-state index contributed by atoms with van der Waals surface area (Å²) in [7, 11) is 0. The molecule has 0 bridgehead atoms. The Balaban J connectivity index is 1.50. The molecule has 4 rings (SSSR count). The summed E-state index contributed by atoms with van der Waals surface area (Å²) in [4.78, 5) is 26.8. The van der Waals surface area contributed by atoms with Gasteiger partial charge in [-0.15, -0.1) is 11.3 Å². The Labute approximate surface area is 187 Å². The van der Waals surface area contributed by atoms with Crippen molar-refractivity contribution in [3.63, 3.8) is 0 Å². The summed E-state index contributed by atoms with van der Waals surface area (Å²) >= 11 is 5.18. The van der Waals surface area contributed by atoms with Gasteiger partial charge in [-0.2, -0.15) is 0 Å². The molecule has 1 N–H and O–H groups in total. The Morgan fingerprint density at radius 1 is 1.17 bits per heavy atom. The van der Waals surface area contributed by atoms with Crippen LogP contribution in [-0.4, -0.2) is 14.9 Å². The van der Waals surface area contributed by atoms with E-state index >= 15 is 0 Å². The quantitative estimate of drug-likeness (QED) is 0.357. The third-order valence-electron chi connectivity index (χ3n) is 5.29. The highest BCUT2D eigenvalue weighted by Gasteiger charge is 2.15. The van der Waals surface area contributed by atoms with Crippen LogP contribution in [0.4, 0.5) is 0 Å². The highest BCUT2D eigenvalue weighted by molar-refractivity contribution is 9.10. The molecule has 1 aromatic carbocycles. The van der Waals surface area contributed by atoms with Crippen molar-refractivity contribution >= 4 is 49.7 Å². The fraction of sp³-hybridized carbons (Fsp3) is 0.304. The van der Waals surface area contributed by atoms with Crippen molar-refractivity contribution in [2.45, 2.75) is 45.2 Å². The van der Waals surface area contributed by atoms with E-state index in [9.17, 15) is 9.59 Å². The molecule has 3 aromatic heterocycles. The van der Waals surface area contributed by atoms with Crippen LogP contribution in [-0.2, 0) is 11.3 Å². The number of nitrogens with zero attached hydrogens (tertiary/aromatic N) is 2. The van der Waals surface area contributed by atoms with Crippen molar-refractivity contribution in [3.8, 4) is 0 Å². The van der Waals surface area contributed by atoms with Crippen LogP contribution in [0.2, 0.25) is 0 Å². The minimum atomic E-state index is -0.0338. The largest absolute Gasteiger partial charge is 0.348 e. The van der Waals surface area contributed by atoms with E-state index in [2.05, 4.69) is 34.2 Å². The molecule has 1 atom stereocenters. The van der Waals surface area contributed by atoms with Crippen LogP contribution in [0.1, 0.15) is 43.5 Å². The predicted octanol–water partition coefficient (Wildman–Crippen LogP) is 5.52. The Bertz CT molecular complexity index is 1230. The summed E-state index contributed by atoms with van der Waals surface area (Å²) < 4.78 is 4.63. The molecule has 0 aliphatic rings. The molecule has 7 heteroatoms. The van der Waals surface area contributed by atoms with Crippen LogP contribution in [0.25, 0.3) is 16.6 Å². The molecule has 3 heterocycles. The number of rotatable bonds is 8. The van der Waals surface area contributed by atoms with E-state index in [1.807, 2.05) is 52.4 Å². The molecule has 0 aliphatic heterocycles. The maximum atomic E-state index is 13.0. The Morgan fingerprint density at radius 2 is 2.03 bits per heavy atom. The summed E-state index contributed by atoms with van der Waals surface area (Å²) in [5.74, 6) is 0.0316. The van der Waals surface area contributed by atoms with E-state index in [4.69, 9.17) is 0 Å². The maximum Gasteiger partial charge on any atom is 0.275 e. The normalized spacial score (nSPS) is 12.5. The lowest BCUT2D eigenvalue weighted by molar-refractivity contribution is -0.122. The lowest BCUT2D eigenvalue weighted by atomic mass is 10.1. The van der Waals surface area contributed by atoms with Crippen molar-refractivity contribution in [1.82, 2.24) is 14.3 Å². The van der Waals surface area contributed by atoms with Crippen molar-refractivity contribution in [3.05, 3.63) is 73.7 Å². The second-order valence-electron chi connectivity index (χ2n) is 7.38. The van der Waals surface area contributed by atoms with Crippen molar-refractivity contribution in [2.75, 3.05) is 0 Å². The Morgan fingerprint density at radius 3 is 2.80 bits per heavy atom. The molecule has 5 nitrogen and oxygen atoms in total. The number of thiophene rings is 1. The number of fused-ring (bicyclic) bond motifs is 3. The van der Waals surface area contributed by atoms with Crippen molar-refractivity contribution in [1.29, 1.82) is 0 Å². The van der Waals surface area contributed by atoms with Crippen LogP contribution in [0, 0.1) is 0 Å². The minimum absolute atomic E-state index is 0.0316. The fourth-order valence-electron chi connectivity index (χ4n) is 3.88. The number of carbonyl (C=O) groups excluding carboxylic acids is 1. The van der Waals surface area contributed by atoms with Crippen LogP contribution in [0.15, 0.2) is 63.3 Å². The number of carbonyl (C=O) groups is 1. The summed E-state index contributed by atoms with van der Waals surface area (Å²) in [6.45, 7) is 2.62. The lowest BCUT2D eigenvalue weighted by Gasteiger charge is -2.17. The predicted molar refractivity (Wildman–Crippen MR) is 126 cm³/mol. The number of nitrogens with one attached hydrogen (secondary N) is 1. The molecule has 0 saturated carbocycles.